The molecule has 0 spiro atoms. The van der Waals surface area contributed by atoms with Gasteiger partial charge in [-0.1, -0.05) is 0 Å². The molecule has 4 rings (SSSR count). The van der Waals surface area contributed by atoms with Crippen LogP contribution in [0.1, 0.15) is 31.8 Å². The van der Waals surface area contributed by atoms with E-state index in [9.17, 15) is 29.8 Å². The molecule has 162 valence electrons. The van der Waals surface area contributed by atoms with Gasteiger partial charge in [0.2, 0.25) is 0 Å². The van der Waals surface area contributed by atoms with Crippen molar-refractivity contribution in [2.75, 3.05) is 16.8 Å². The molecule has 1 aliphatic rings. The van der Waals surface area contributed by atoms with Gasteiger partial charge in [0.1, 0.15) is 6.26 Å². The van der Waals surface area contributed by atoms with E-state index in [-0.39, 0.29) is 17.0 Å². The normalized spacial score (nSPS) is 12.3. The third kappa shape index (κ3) is 3.67. The molecule has 0 radical (unpaired) electrons. The predicted octanol–water partition coefficient (Wildman–Crippen LogP) is 3.86. The SMILES string of the molecule is Cc1c(C(=O)Nc2ccc3c(c2)CCN3C(=O)c2ccoc2)cc([N+](=O)[O-])cc1[N+](=O)[O-]. The lowest BCUT2D eigenvalue weighted by molar-refractivity contribution is -0.394. The molecule has 2 aromatic carbocycles. The lowest BCUT2D eigenvalue weighted by Gasteiger charge is -2.16. The largest absolute Gasteiger partial charge is 0.472 e. The average Bonchev–Trinajstić information content (AvgIpc) is 3.43. The number of amides is 2. The number of non-ortho nitro benzene ring substituents is 1. The second-order valence-corrected chi connectivity index (χ2v) is 7.17. The first-order chi connectivity index (χ1) is 15.3. The van der Waals surface area contributed by atoms with Crippen LogP contribution >= 0.6 is 0 Å². The third-order valence-electron chi connectivity index (χ3n) is 5.26. The molecule has 0 atom stereocenters. The fourth-order valence-corrected chi connectivity index (χ4v) is 3.65. The Labute approximate surface area is 180 Å². The van der Waals surface area contributed by atoms with Crippen molar-refractivity contribution in [2.24, 2.45) is 0 Å². The van der Waals surface area contributed by atoms with Gasteiger partial charge in [-0.3, -0.25) is 29.8 Å². The second-order valence-electron chi connectivity index (χ2n) is 7.17. The topological polar surface area (TPSA) is 149 Å². The van der Waals surface area contributed by atoms with Gasteiger partial charge in [0.25, 0.3) is 23.2 Å². The third-order valence-corrected chi connectivity index (χ3v) is 5.26. The lowest BCUT2D eigenvalue weighted by atomic mass is 10.0. The number of nitrogens with one attached hydrogen (secondary N) is 1. The molecular formula is C21H16N4O7. The van der Waals surface area contributed by atoms with Crippen molar-refractivity contribution in [1.29, 1.82) is 0 Å². The van der Waals surface area contributed by atoms with Crippen LogP contribution in [-0.2, 0) is 6.42 Å². The maximum Gasteiger partial charge on any atom is 0.279 e. The number of hydrogen-bond donors (Lipinski definition) is 1. The highest BCUT2D eigenvalue weighted by molar-refractivity contribution is 6.08. The zero-order chi connectivity index (χ0) is 23.0. The van der Waals surface area contributed by atoms with Gasteiger partial charge in [-0.25, -0.2) is 0 Å². The Kier molecular flexibility index (Phi) is 5.15. The quantitative estimate of drug-likeness (QED) is 0.471. The minimum absolute atomic E-state index is 0.0242. The molecule has 11 heteroatoms. The van der Waals surface area contributed by atoms with Gasteiger partial charge in [-0.05, 0) is 43.2 Å². The monoisotopic (exact) mass is 436 g/mol. The smallest absolute Gasteiger partial charge is 0.279 e. The summed E-state index contributed by atoms with van der Waals surface area (Å²) in [5, 5.41) is 25.0. The molecule has 32 heavy (non-hydrogen) atoms. The summed E-state index contributed by atoms with van der Waals surface area (Å²) in [7, 11) is 0. The van der Waals surface area contributed by atoms with E-state index in [1.54, 1.807) is 29.2 Å². The summed E-state index contributed by atoms with van der Waals surface area (Å²) in [5.74, 6) is -0.910. The number of benzene rings is 2. The van der Waals surface area contributed by atoms with E-state index >= 15 is 0 Å². The average molecular weight is 436 g/mol. The van der Waals surface area contributed by atoms with Gasteiger partial charge in [0.05, 0.1) is 33.3 Å². The summed E-state index contributed by atoms with van der Waals surface area (Å²) in [5.41, 5.74) is 1.18. The number of hydrogen-bond acceptors (Lipinski definition) is 7. The number of carbonyl (C=O) groups excluding carboxylic acids is 2. The van der Waals surface area contributed by atoms with E-state index in [1.807, 2.05) is 0 Å². The minimum Gasteiger partial charge on any atom is -0.472 e. The Morgan fingerprint density at radius 3 is 2.53 bits per heavy atom. The number of nitro groups is 2. The summed E-state index contributed by atoms with van der Waals surface area (Å²) >= 11 is 0. The molecule has 1 N–H and O–H groups in total. The maximum absolute atomic E-state index is 12.8. The molecule has 0 saturated carbocycles. The van der Waals surface area contributed by atoms with Gasteiger partial charge in [0.15, 0.2) is 0 Å². The van der Waals surface area contributed by atoms with Crippen LogP contribution in [0.25, 0.3) is 0 Å². The summed E-state index contributed by atoms with van der Waals surface area (Å²) in [4.78, 5) is 47.8. The second kappa shape index (κ2) is 7.95. The molecule has 0 aliphatic carbocycles. The molecule has 0 saturated heterocycles. The van der Waals surface area contributed by atoms with Crippen molar-refractivity contribution in [3.05, 3.63) is 91.4 Å². The van der Waals surface area contributed by atoms with E-state index < -0.39 is 27.1 Å². The zero-order valence-corrected chi connectivity index (χ0v) is 16.7. The van der Waals surface area contributed by atoms with Crippen LogP contribution in [-0.4, -0.2) is 28.2 Å². The highest BCUT2D eigenvalue weighted by atomic mass is 16.6. The van der Waals surface area contributed by atoms with Crippen LogP contribution in [0.4, 0.5) is 22.7 Å². The van der Waals surface area contributed by atoms with E-state index in [0.29, 0.717) is 29.9 Å². The Morgan fingerprint density at radius 2 is 1.88 bits per heavy atom. The van der Waals surface area contributed by atoms with Crippen LogP contribution < -0.4 is 10.2 Å². The number of rotatable bonds is 5. The maximum atomic E-state index is 12.8. The summed E-state index contributed by atoms with van der Waals surface area (Å²) in [6.45, 7) is 1.83. The molecular weight excluding hydrogens is 420 g/mol. The molecule has 0 unspecified atom stereocenters. The Bertz CT molecular complexity index is 1270. The van der Waals surface area contributed by atoms with Crippen molar-refractivity contribution >= 4 is 34.6 Å². The molecule has 11 nitrogen and oxygen atoms in total. The number of furan rings is 1. The van der Waals surface area contributed by atoms with Crippen LogP contribution in [0.5, 0.6) is 0 Å². The van der Waals surface area contributed by atoms with Crippen molar-refractivity contribution in [1.82, 2.24) is 0 Å². The first-order valence-corrected chi connectivity index (χ1v) is 9.48. The molecule has 2 amide bonds. The van der Waals surface area contributed by atoms with Crippen LogP contribution in [0.2, 0.25) is 0 Å². The van der Waals surface area contributed by atoms with Crippen molar-refractivity contribution in [3.63, 3.8) is 0 Å². The van der Waals surface area contributed by atoms with Crippen LogP contribution in [0, 0.1) is 27.2 Å². The Morgan fingerprint density at radius 1 is 1.09 bits per heavy atom. The molecule has 2 heterocycles. The molecule has 3 aromatic rings. The van der Waals surface area contributed by atoms with Gasteiger partial charge >= 0.3 is 0 Å². The van der Waals surface area contributed by atoms with Gasteiger partial charge in [0, 0.05) is 29.5 Å². The van der Waals surface area contributed by atoms with Crippen molar-refractivity contribution in [2.45, 2.75) is 13.3 Å². The molecule has 1 aliphatic heterocycles. The fraction of sp³-hybridized carbons (Fsp3) is 0.143. The first-order valence-electron chi connectivity index (χ1n) is 9.48. The van der Waals surface area contributed by atoms with Crippen LogP contribution in [0.15, 0.2) is 53.3 Å². The van der Waals surface area contributed by atoms with Gasteiger partial charge < -0.3 is 14.6 Å². The highest BCUT2D eigenvalue weighted by Gasteiger charge is 2.28. The Hall–Kier alpha value is -4.54. The Balaban J connectivity index is 1.60. The number of anilines is 2. The van der Waals surface area contributed by atoms with E-state index in [2.05, 4.69) is 5.32 Å². The summed E-state index contributed by atoms with van der Waals surface area (Å²) < 4.78 is 4.96. The van der Waals surface area contributed by atoms with Crippen LogP contribution in [0.3, 0.4) is 0 Å². The number of carbonyl (C=O) groups is 2. The van der Waals surface area contributed by atoms with Gasteiger partial charge in [-0.15, -0.1) is 0 Å². The highest BCUT2D eigenvalue weighted by Crippen LogP contribution is 2.33. The van der Waals surface area contributed by atoms with E-state index in [0.717, 1.165) is 17.7 Å². The summed E-state index contributed by atoms with van der Waals surface area (Å²) in [6, 6.07) is 8.41. The molecule has 0 bridgehead atoms. The number of nitrogens with zero attached hydrogens (tertiary/aromatic N) is 3. The minimum atomic E-state index is -0.787. The standard InChI is InChI=1S/C21H16N4O7/c1-12-17(9-16(24(28)29)10-19(12)25(30)31)20(26)22-15-2-3-18-13(8-15)4-6-23(18)21(27)14-5-7-32-11-14/h2-3,5,7-11H,4,6H2,1H3,(H,22,26). The van der Waals surface area contributed by atoms with Crippen molar-refractivity contribution in [3.8, 4) is 0 Å². The van der Waals surface area contributed by atoms with E-state index in [4.69, 9.17) is 4.42 Å². The number of nitro benzene ring substituents is 2. The van der Waals surface area contributed by atoms with Crippen molar-refractivity contribution < 1.29 is 23.9 Å². The predicted molar refractivity (Wildman–Crippen MR) is 113 cm³/mol. The lowest BCUT2D eigenvalue weighted by Crippen LogP contribution is -2.28. The van der Waals surface area contributed by atoms with Gasteiger partial charge in [-0.2, -0.15) is 0 Å². The fourth-order valence-electron chi connectivity index (χ4n) is 3.65. The first kappa shape index (κ1) is 20.7. The van der Waals surface area contributed by atoms with E-state index in [1.165, 1.54) is 19.5 Å². The zero-order valence-electron chi connectivity index (χ0n) is 16.7. The number of fused-ring (bicyclic) bond motifs is 1. The molecule has 0 fully saturated rings. The molecule has 1 aromatic heterocycles. The summed E-state index contributed by atoms with van der Waals surface area (Å²) in [6.07, 6.45) is 3.36.